The molecular weight excluding hydrogens is 206 g/mol. The minimum Gasteiger partial charge on any atom is -0.337 e. The van der Waals surface area contributed by atoms with Crippen molar-refractivity contribution in [2.45, 2.75) is 13.1 Å². The molecule has 2 N–H and O–H groups in total. The van der Waals surface area contributed by atoms with Gasteiger partial charge in [-0.05, 0) is 0 Å². The Morgan fingerprint density at radius 1 is 1.50 bits per heavy atom. The van der Waals surface area contributed by atoms with Crippen LogP contribution in [-0.2, 0) is 13.1 Å². The van der Waals surface area contributed by atoms with Gasteiger partial charge in [0.2, 0.25) is 5.89 Å². The van der Waals surface area contributed by atoms with Crippen molar-refractivity contribution in [2.75, 3.05) is 0 Å². The fourth-order valence-corrected chi connectivity index (χ4v) is 0.974. The largest absolute Gasteiger partial charge is 0.337 e. The second-order valence-electron chi connectivity index (χ2n) is 2.54. The van der Waals surface area contributed by atoms with Crippen LogP contribution in [0.3, 0.4) is 0 Å². The average Bonchev–Trinajstić information content (AvgIpc) is 2.76. The number of rotatable bonds is 3. The number of hydrogen-bond acceptors (Lipinski definition) is 5. The molecule has 2 aromatic rings. The Labute approximate surface area is 86.5 Å². The lowest BCUT2D eigenvalue weighted by atomic mass is 10.6. The summed E-state index contributed by atoms with van der Waals surface area (Å²) in [5, 5.41) is 3.67. The molecule has 76 valence electrons. The molecule has 0 unspecified atom stereocenters. The molecule has 0 fully saturated rings. The molecule has 0 saturated heterocycles. The van der Waals surface area contributed by atoms with E-state index in [1.54, 1.807) is 12.5 Å². The molecule has 0 amide bonds. The first-order valence-electron chi connectivity index (χ1n) is 3.86. The zero-order valence-corrected chi connectivity index (χ0v) is 8.15. The zero-order chi connectivity index (χ0) is 9.10. The molecule has 6 nitrogen and oxygen atoms in total. The third kappa shape index (κ3) is 2.30. The van der Waals surface area contributed by atoms with Gasteiger partial charge in [-0.25, -0.2) is 4.98 Å². The summed E-state index contributed by atoms with van der Waals surface area (Å²) < 4.78 is 6.78. The van der Waals surface area contributed by atoms with Crippen molar-refractivity contribution in [3.63, 3.8) is 0 Å². The Morgan fingerprint density at radius 3 is 2.93 bits per heavy atom. The summed E-state index contributed by atoms with van der Waals surface area (Å²) in [6.45, 7) is 0.834. The van der Waals surface area contributed by atoms with Crippen molar-refractivity contribution >= 4 is 12.4 Å². The molecule has 0 aliphatic rings. The molecule has 0 aliphatic carbocycles. The van der Waals surface area contributed by atoms with Crippen LogP contribution < -0.4 is 5.73 Å². The van der Waals surface area contributed by atoms with Crippen molar-refractivity contribution in [2.24, 2.45) is 5.73 Å². The van der Waals surface area contributed by atoms with Crippen LogP contribution in [0.4, 0.5) is 0 Å². The monoisotopic (exact) mass is 215 g/mol. The van der Waals surface area contributed by atoms with Crippen molar-refractivity contribution in [1.29, 1.82) is 0 Å². The molecule has 0 spiro atoms. The van der Waals surface area contributed by atoms with Gasteiger partial charge in [0.25, 0.3) is 0 Å². The van der Waals surface area contributed by atoms with E-state index in [4.69, 9.17) is 10.3 Å². The molecule has 0 atom stereocenters. The number of aromatic nitrogens is 4. The Morgan fingerprint density at radius 2 is 2.36 bits per heavy atom. The summed E-state index contributed by atoms with van der Waals surface area (Å²) in [5.41, 5.74) is 5.33. The summed E-state index contributed by atoms with van der Waals surface area (Å²) in [5.74, 6) is 1.06. The van der Waals surface area contributed by atoms with Crippen LogP contribution in [0.2, 0.25) is 0 Å². The number of halogens is 1. The summed E-state index contributed by atoms with van der Waals surface area (Å²) in [7, 11) is 0. The van der Waals surface area contributed by atoms with Crippen LogP contribution in [0.5, 0.6) is 0 Å². The van der Waals surface area contributed by atoms with E-state index in [2.05, 4.69) is 15.1 Å². The van der Waals surface area contributed by atoms with Crippen molar-refractivity contribution in [3.8, 4) is 0 Å². The van der Waals surface area contributed by atoms with Gasteiger partial charge < -0.3 is 14.8 Å². The van der Waals surface area contributed by atoms with Gasteiger partial charge in [-0.2, -0.15) is 4.98 Å². The average molecular weight is 216 g/mol. The number of nitrogens with two attached hydrogens (primary N) is 1. The first kappa shape index (κ1) is 10.7. The predicted octanol–water partition coefficient (Wildman–Crippen LogP) is 0.195. The summed E-state index contributed by atoms with van der Waals surface area (Å²) in [4.78, 5) is 7.95. The normalized spacial score (nSPS) is 9.79. The molecule has 0 saturated carbocycles. The third-order valence-electron chi connectivity index (χ3n) is 1.57. The second kappa shape index (κ2) is 4.73. The molecule has 0 bridgehead atoms. The Bertz CT molecular complexity index is 371. The van der Waals surface area contributed by atoms with Crippen molar-refractivity contribution in [1.82, 2.24) is 19.7 Å². The smallest absolute Gasteiger partial charge is 0.246 e. The molecule has 0 aromatic carbocycles. The zero-order valence-electron chi connectivity index (χ0n) is 7.33. The maximum atomic E-state index is 5.33. The highest BCUT2D eigenvalue weighted by molar-refractivity contribution is 5.85. The van der Waals surface area contributed by atoms with Crippen LogP contribution in [0.25, 0.3) is 0 Å². The predicted molar refractivity (Wildman–Crippen MR) is 50.8 cm³/mol. The van der Waals surface area contributed by atoms with Crippen LogP contribution in [0.1, 0.15) is 11.7 Å². The van der Waals surface area contributed by atoms with Crippen LogP contribution in [-0.4, -0.2) is 19.7 Å². The summed E-state index contributed by atoms with van der Waals surface area (Å²) in [6.07, 6.45) is 5.21. The molecule has 2 rings (SSSR count). The van der Waals surface area contributed by atoms with Gasteiger partial charge in [-0.1, -0.05) is 5.16 Å². The van der Waals surface area contributed by atoms with Crippen LogP contribution in [0.15, 0.2) is 23.2 Å². The maximum Gasteiger partial charge on any atom is 0.246 e. The maximum absolute atomic E-state index is 5.33. The minimum atomic E-state index is 0. The van der Waals surface area contributed by atoms with E-state index in [-0.39, 0.29) is 12.4 Å². The fourth-order valence-electron chi connectivity index (χ4n) is 0.974. The second-order valence-corrected chi connectivity index (χ2v) is 2.54. The SMILES string of the molecule is Cl.NCc1noc(Cn2ccnc2)n1. The quantitative estimate of drug-likeness (QED) is 0.791. The first-order valence-corrected chi connectivity index (χ1v) is 3.86. The van der Waals surface area contributed by atoms with E-state index in [0.29, 0.717) is 24.8 Å². The van der Waals surface area contributed by atoms with Crippen LogP contribution >= 0.6 is 12.4 Å². The molecule has 2 aromatic heterocycles. The fraction of sp³-hybridized carbons (Fsp3) is 0.286. The third-order valence-corrected chi connectivity index (χ3v) is 1.57. The van der Waals surface area contributed by atoms with Gasteiger partial charge >= 0.3 is 0 Å². The lowest BCUT2D eigenvalue weighted by molar-refractivity contribution is 0.366. The highest BCUT2D eigenvalue weighted by Gasteiger charge is 2.04. The lowest BCUT2D eigenvalue weighted by Crippen LogP contribution is -2.00. The first-order chi connectivity index (χ1) is 6.38. The van der Waals surface area contributed by atoms with Gasteiger partial charge in [0.05, 0.1) is 12.9 Å². The molecular formula is C7H10ClN5O. The van der Waals surface area contributed by atoms with E-state index in [9.17, 15) is 0 Å². The Kier molecular flexibility index (Phi) is 3.61. The van der Waals surface area contributed by atoms with E-state index in [1.807, 2.05) is 10.8 Å². The number of hydrogen-bond donors (Lipinski definition) is 1. The Balaban J connectivity index is 0.000000980. The molecule has 14 heavy (non-hydrogen) atoms. The Hall–Kier alpha value is -1.40. The molecule has 0 aliphatic heterocycles. The number of imidazole rings is 1. The standard InChI is InChI=1S/C7H9N5O.ClH/c8-3-6-10-7(13-11-6)4-12-2-1-9-5-12;/h1-2,5H,3-4,8H2;1H. The van der Waals surface area contributed by atoms with Gasteiger partial charge in [-0.15, -0.1) is 12.4 Å². The van der Waals surface area contributed by atoms with Crippen molar-refractivity contribution in [3.05, 3.63) is 30.4 Å². The highest BCUT2D eigenvalue weighted by atomic mass is 35.5. The van der Waals surface area contributed by atoms with E-state index in [1.165, 1.54) is 0 Å². The van der Waals surface area contributed by atoms with Gasteiger partial charge in [-0.3, -0.25) is 0 Å². The topological polar surface area (TPSA) is 82.8 Å². The molecule has 7 heteroatoms. The number of nitrogens with zero attached hydrogens (tertiary/aromatic N) is 4. The molecule has 0 radical (unpaired) electrons. The summed E-state index contributed by atoms with van der Waals surface area (Å²) in [6, 6.07) is 0. The van der Waals surface area contributed by atoms with Gasteiger partial charge in [0.1, 0.15) is 6.54 Å². The molecule has 2 heterocycles. The van der Waals surface area contributed by atoms with E-state index >= 15 is 0 Å². The lowest BCUT2D eigenvalue weighted by Gasteiger charge is -1.93. The van der Waals surface area contributed by atoms with Gasteiger partial charge in [0, 0.05) is 12.4 Å². The highest BCUT2D eigenvalue weighted by Crippen LogP contribution is 1.99. The van der Waals surface area contributed by atoms with Gasteiger partial charge in [0.15, 0.2) is 5.82 Å². The minimum absolute atomic E-state index is 0. The van der Waals surface area contributed by atoms with Crippen molar-refractivity contribution < 1.29 is 4.52 Å². The summed E-state index contributed by atoms with van der Waals surface area (Å²) >= 11 is 0. The van der Waals surface area contributed by atoms with E-state index < -0.39 is 0 Å². The van der Waals surface area contributed by atoms with Crippen LogP contribution in [0, 0.1) is 0 Å². The van der Waals surface area contributed by atoms with E-state index in [0.717, 1.165) is 0 Å².